The van der Waals surface area contributed by atoms with Gasteiger partial charge in [0.05, 0.1) is 22.8 Å². The van der Waals surface area contributed by atoms with Gasteiger partial charge in [-0.1, -0.05) is 109 Å². The van der Waals surface area contributed by atoms with Crippen LogP contribution in [0.3, 0.4) is 0 Å². The first-order valence-electron chi connectivity index (χ1n) is 13.6. The van der Waals surface area contributed by atoms with Crippen LogP contribution in [0.2, 0.25) is 0 Å². The van der Waals surface area contributed by atoms with Crippen molar-refractivity contribution in [2.75, 3.05) is 0 Å². The van der Waals surface area contributed by atoms with E-state index in [2.05, 4.69) is 147 Å². The molecule has 4 aromatic carbocycles. The Bertz CT molecular complexity index is 1740. The molecule has 40 heavy (non-hydrogen) atoms. The quantitative estimate of drug-likeness (QED) is 0.226. The van der Waals surface area contributed by atoms with Crippen LogP contribution < -0.4 is 0 Å². The van der Waals surface area contributed by atoms with Gasteiger partial charge in [-0.15, -0.1) is 0 Å². The number of aromatic nitrogens is 2. The summed E-state index contributed by atoms with van der Waals surface area (Å²) in [6, 6.07) is 47.3. The van der Waals surface area contributed by atoms with Crippen molar-refractivity contribution in [3.05, 3.63) is 167 Å². The Balaban J connectivity index is 1.58. The summed E-state index contributed by atoms with van der Waals surface area (Å²) in [5, 5.41) is 0. The van der Waals surface area contributed by atoms with E-state index >= 15 is 0 Å². The molecule has 0 aliphatic carbocycles. The lowest BCUT2D eigenvalue weighted by Crippen LogP contribution is -2.36. The van der Waals surface area contributed by atoms with E-state index in [1.54, 1.807) is 0 Å². The molecule has 3 heteroatoms. The molecule has 7 rings (SSSR count). The summed E-state index contributed by atoms with van der Waals surface area (Å²) in [5.74, 6) is 0. The number of pyridine rings is 2. The van der Waals surface area contributed by atoms with Crippen LogP contribution in [0.25, 0.3) is 22.5 Å². The summed E-state index contributed by atoms with van der Waals surface area (Å²) in [7, 11) is 0. The topological polar surface area (TPSA) is 25.8 Å². The van der Waals surface area contributed by atoms with Gasteiger partial charge < -0.3 is 0 Å². The molecule has 0 spiro atoms. The zero-order valence-electron chi connectivity index (χ0n) is 22.5. The molecule has 0 amide bonds. The fourth-order valence-corrected chi connectivity index (χ4v) is 7.18. The van der Waals surface area contributed by atoms with Gasteiger partial charge in [0.1, 0.15) is 5.41 Å². The number of fused-ring (bicyclic) bond motifs is 2. The predicted octanol–water partition coefficient (Wildman–Crippen LogP) is 9.27. The molecule has 6 aromatic rings. The molecule has 0 atom stereocenters. The molecule has 2 aromatic heterocycles. The summed E-state index contributed by atoms with van der Waals surface area (Å²) in [4.78, 5) is 13.3. The molecule has 0 saturated heterocycles. The fourth-order valence-electron chi connectivity index (χ4n) is 5.99. The second-order valence-corrected chi connectivity index (χ2v) is 11.4. The summed E-state index contributed by atoms with van der Waals surface area (Å²) >= 11 is 1.82. The number of hydrogen-bond donors (Lipinski definition) is 0. The molecule has 1 aliphatic heterocycles. The van der Waals surface area contributed by atoms with E-state index in [1.165, 1.54) is 32.0 Å². The Morgan fingerprint density at radius 3 is 1.35 bits per heavy atom. The minimum absolute atomic E-state index is 0.685. The number of aryl methyl sites for hydroxylation is 2. The first kappa shape index (κ1) is 24.6. The van der Waals surface area contributed by atoms with E-state index in [1.807, 2.05) is 11.8 Å². The van der Waals surface area contributed by atoms with Crippen molar-refractivity contribution in [1.82, 2.24) is 9.97 Å². The third-order valence-electron chi connectivity index (χ3n) is 7.91. The third kappa shape index (κ3) is 3.89. The minimum Gasteiger partial charge on any atom is -0.251 e. The Morgan fingerprint density at radius 2 is 0.875 bits per heavy atom. The molecule has 0 unspecified atom stereocenters. The summed E-state index contributed by atoms with van der Waals surface area (Å²) in [6.45, 7) is 4.29. The zero-order valence-corrected chi connectivity index (χ0v) is 23.3. The van der Waals surface area contributed by atoms with Crippen molar-refractivity contribution >= 4 is 11.8 Å². The lowest BCUT2D eigenvalue weighted by molar-refractivity contribution is 0.656. The first-order valence-corrected chi connectivity index (χ1v) is 14.4. The van der Waals surface area contributed by atoms with E-state index in [4.69, 9.17) is 9.97 Å². The SMILES string of the molecule is Cc1ccccc1-c1cccc(C2(c3cccc(-c4ccccc4C)n3)c3ccccc3Sc3ccccc32)n1. The molecular formula is C37H28N2S. The average Bonchev–Trinajstić information content (AvgIpc) is 3.00. The highest BCUT2D eigenvalue weighted by molar-refractivity contribution is 7.99. The monoisotopic (exact) mass is 532 g/mol. The van der Waals surface area contributed by atoms with E-state index in [0.29, 0.717) is 0 Å². The van der Waals surface area contributed by atoms with E-state index in [-0.39, 0.29) is 0 Å². The van der Waals surface area contributed by atoms with Crippen molar-refractivity contribution < 1.29 is 0 Å². The van der Waals surface area contributed by atoms with Crippen molar-refractivity contribution in [2.24, 2.45) is 0 Å². The van der Waals surface area contributed by atoms with E-state index in [0.717, 1.165) is 33.9 Å². The highest BCUT2D eigenvalue weighted by Crippen LogP contribution is 2.55. The average molecular weight is 533 g/mol. The molecule has 0 fully saturated rings. The normalized spacial score (nSPS) is 13.3. The van der Waals surface area contributed by atoms with Crippen molar-refractivity contribution in [1.29, 1.82) is 0 Å². The smallest absolute Gasteiger partial charge is 0.107 e. The lowest BCUT2D eigenvalue weighted by atomic mass is 9.68. The van der Waals surface area contributed by atoms with Gasteiger partial charge in [-0.25, -0.2) is 0 Å². The van der Waals surface area contributed by atoms with Gasteiger partial charge in [0.15, 0.2) is 0 Å². The van der Waals surface area contributed by atoms with Crippen LogP contribution in [0, 0.1) is 13.8 Å². The summed E-state index contributed by atoms with van der Waals surface area (Å²) in [5.41, 5.74) is 10.3. The molecule has 3 heterocycles. The van der Waals surface area contributed by atoms with Crippen molar-refractivity contribution in [2.45, 2.75) is 29.1 Å². The van der Waals surface area contributed by atoms with Crippen molar-refractivity contribution in [3.63, 3.8) is 0 Å². The highest BCUT2D eigenvalue weighted by Gasteiger charge is 2.46. The molecule has 2 nitrogen and oxygen atoms in total. The number of hydrogen-bond acceptors (Lipinski definition) is 3. The Hall–Kier alpha value is -4.47. The number of nitrogens with zero attached hydrogens (tertiary/aromatic N) is 2. The van der Waals surface area contributed by atoms with Gasteiger partial charge in [-0.3, -0.25) is 9.97 Å². The van der Waals surface area contributed by atoms with Crippen LogP contribution >= 0.6 is 11.8 Å². The molecule has 0 N–H and O–H groups in total. The third-order valence-corrected chi connectivity index (χ3v) is 9.06. The molecule has 0 radical (unpaired) electrons. The first-order chi connectivity index (χ1) is 19.7. The highest BCUT2D eigenvalue weighted by atomic mass is 32.2. The van der Waals surface area contributed by atoms with E-state index < -0.39 is 5.41 Å². The summed E-state index contributed by atoms with van der Waals surface area (Å²) < 4.78 is 0. The Labute approximate surface area is 239 Å². The number of rotatable bonds is 4. The zero-order chi connectivity index (χ0) is 27.1. The van der Waals surface area contributed by atoms with Gasteiger partial charge in [-0.2, -0.15) is 0 Å². The second kappa shape index (κ2) is 9.93. The molecule has 1 aliphatic rings. The van der Waals surface area contributed by atoms with Crippen LogP contribution in [-0.2, 0) is 5.41 Å². The largest absolute Gasteiger partial charge is 0.251 e. The van der Waals surface area contributed by atoms with Gasteiger partial charge in [0, 0.05) is 20.9 Å². The summed E-state index contributed by atoms with van der Waals surface area (Å²) in [6.07, 6.45) is 0. The van der Waals surface area contributed by atoms with Crippen molar-refractivity contribution in [3.8, 4) is 22.5 Å². The second-order valence-electron chi connectivity index (χ2n) is 10.3. The van der Waals surface area contributed by atoms with Crippen LogP contribution in [-0.4, -0.2) is 9.97 Å². The van der Waals surface area contributed by atoms with Gasteiger partial charge in [-0.05, 0) is 72.5 Å². The fraction of sp³-hybridized carbons (Fsp3) is 0.0811. The Morgan fingerprint density at radius 1 is 0.450 bits per heavy atom. The van der Waals surface area contributed by atoms with Gasteiger partial charge >= 0.3 is 0 Å². The molecule has 0 bridgehead atoms. The van der Waals surface area contributed by atoms with Crippen LogP contribution in [0.15, 0.2) is 143 Å². The van der Waals surface area contributed by atoms with Crippen LogP contribution in [0.1, 0.15) is 33.6 Å². The van der Waals surface area contributed by atoms with Gasteiger partial charge in [0.2, 0.25) is 0 Å². The molecule has 192 valence electrons. The molecule has 0 saturated carbocycles. The number of benzene rings is 4. The Kier molecular flexibility index (Phi) is 6.10. The van der Waals surface area contributed by atoms with Crippen LogP contribution in [0.4, 0.5) is 0 Å². The maximum atomic E-state index is 5.44. The maximum Gasteiger partial charge on any atom is 0.107 e. The van der Waals surface area contributed by atoms with Gasteiger partial charge in [0.25, 0.3) is 0 Å². The standard InChI is InChI=1S/C37H28N2S/c1-25-13-3-5-15-27(25)31-19-11-23-35(38-31)37(36-24-12-20-32(39-36)28-16-6-4-14-26(28)2)29-17-7-9-21-33(29)40-34-22-10-8-18-30(34)37/h3-24H,1-2H3. The minimum atomic E-state index is -0.685. The van der Waals surface area contributed by atoms with E-state index in [9.17, 15) is 0 Å². The lowest BCUT2D eigenvalue weighted by Gasteiger charge is -2.40. The molecular weight excluding hydrogens is 504 g/mol. The maximum absolute atomic E-state index is 5.44. The van der Waals surface area contributed by atoms with Crippen LogP contribution in [0.5, 0.6) is 0 Å². The predicted molar refractivity (Wildman–Crippen MR) is 165 cm³/mol.